The van der Waals surface area contributed by atoms with Crippen molar-refractivity contribution in [3.63, 3.8) is 0 Å². The maximum Gasteiger partial charge on any atom is 0.165 e. The summed E-state index contributed by atoms with van der Waals surface area (Å²) in [5, 5.41) is 0. The van der Waals surface area contributed by atoms with Gasteiger partial charge >= 0.3 is 0 Å². The molecule has 1 rings (SSSR count). The molecular weight excluding hydrogens is 279 g/mol. The Bertz CT molecular complexity index is 414. The van der Waals surface area contributed by atoms with Crippen LogP contribution in [-0.2, 0) is 0 Å². The third kappa shape index (κ3) is 7.58. The van der Waals surface area contributed by atoms with Gasteiger partial charge in [0.25, 0.3) is 0 Å². The summed E-state index contributed by atoms with van der Waals surface area (Å²) < 4.78 is 18.9. The van der Waals surface area contributed by atoms with E-state index in [2.05, 4.69) is 6.92 Å². The van der Waals surface area contributed by atoms with E-state index in [1.54, 1.807) is 31.4 Å². The molecule has 0 saturated heterocycles. The van der Waals surface area contributed by atoms with Crippen LogP contribution in [0, 0.1) is 0 Å². The Balaban J connectivity index is 2.18. The van der Waals surface area contributed by atoms with Crippen molar-refractivity contribution in [2.24, 2.45) is 0 Å². The number of Topliss-reactive ketones (excluding diaryl/α,β-unsaturated/α-hetero) is 1. The maximum atomic E-state index is 13.9. The fraction of sp³-hybridized carbons (Fsp3) is 0.632. The van der Waals surface area contributed by atoms with Crippen LogP contribution in [0.15, 0.2) is 24.3 Å². The highest BCUT2D eigenvalue weighted by Gasteiger charge is 2.14. The van der Waals surface area contributed by atoms with Crippen molar-refractivity contribution < 1.29 is 13.9 Å². The van der Waals surface area contributed by atoms with Crippen molar-refractivity contribution in [1.29, 1.82) is 0 Å². The summed E-state index contributed by atoms with van der Waals surface area (Å²) in [4.78, 5) is 12.0. The third-order valence-electron chi connectivity index (χ3n) is 3.94. The summed E-state index contributed by atoms with van der Waals surface area (Å²) in [6.07, 6.45) is 7.66. The number of unbranched alkanes of at least 4 members (excludes halogenated alkanes) is 6. The van der Waals surface area contributed by atoms with Gasteiger partial charge in [0, 0.05) is 12.0 Å². The Labute approximate surface area is 134 Å². The van der Waals surface area contributed by atoms with Crippen molar-refractivity contribution in [2.75, 3.05) is 7.11 Å². The number of halogens is 1. The van der Waals surface area contributed by atoms with Gasteiger partial charge in [0.2, 0.25) is 0 Å². The summed E-state index contributed by atoms with van der Waals surface area (Å²) in [7, 11) is 1.58. The number of methoxy groups -OCH3 is 1. The van der Waals surface area contributed by atoms with Crippen LogP contribution >= 0.6 is 0 Å². The van der Waals surface area contributed by atoms with Gasteiger partial charge in [0.1, 0.15) is 11.9 Å². The molecule has 1 aromatic rings. The van der Waals surface area contributed by atoms with E-state index in [9.17, 15) is 9.18 Å². The lowest BCUT2D eigenvalue weighted by Crippen LogP contribution is -2.09. The Morgan fingerprint density at radius 3 is 2.23 bits per heavy atom. The standard InChI is InChI=1S/C19H29FO2/c1-3-4-5-6-7-8-9-10-17(20)15-19(21)16-11-13-18(22-2)14-12-16/h11-14,17H,3-10,15H2,1-2H3. The maximum absolute atomic E-state index is 13.9. The molecule has 0 radical (unpaired) electrons. The molecule has 22 heavy (non-hydrogen) atoms. The second-order valence-electron chi connectivity index (χ2n) is 5.86. The molecule has 0 saturated carbocycles. The first kappa shape index (κ1) is 18.7. The first-order chi connectivity index (χ1) is 10.7. The van der Waals surface area contributed by atoms with E-state index in [0.29, 0.717) is 17.7 Å². The zero-order valence-corrected chi connectivity index (χ0v) is 13.9. The second-order valence-corrected chi connectivity index (χ2v) is 5.86. The van der Waals surface area contributed by atoms with Crippen molar-refractivity contribution in [3.05, 3.63) is 29.8 Å². The smallest absolute Gasteiger partial charge is 0.165 e. The molecule has 124 valence electrons. The average molecular weight is 308 g/mol. The molecule has 3 heteroatoms. The van der Waals surface area contributed by atoms with Crippen molar-refractivity contribution in [1.82, 2.24) is 0 Å². The molecule has 1 atom stereocenters. The van der Waals surface area contributed by atoms with Gasteiger partial charge < -0.3 is 4.74 Å². The van der Waals surface area contributed by atoms with Gasteiger partial charge in [0.05, 0.1) is 7.11 Å². The number of ether oxygens (including phenoxy) is 1. The predicted molar refractivity (Wildman–Crippen MR) is 89.4 cm³/mol. The Morgan fingerprint density at radius 2 is 1.64 bits per heavy atom. The quantitative estimate of drug-likeness (QED) is 0.363. The molecule has 1 unspecified atom stereocenters. The molecule has 0 bridgehead atoms. The van der Waals surface area contributed by atoms with Crippen molar-refractivity contribution in [2.45, 2.75) is 70.9 Å². The minimum atomic E-state index is -1.02. The van der Waals surface area contributed by atoms with Gasteiger partial charge in [0.15, 0.2) is 5.78 Å². The number of carbonyl (C=O) groups is 1. The number of ketones is 1. The molecule has 0 N–H and O–H groups in total. The summed E-state index contributed by atoms with van der Waals surface area (Å²) in [5.41, 5.74) is 0.558. The minimum Gasteiger partial charge on any atom is -0.497 e. The third-order valence-corrected chi connectivity index (χ3v) is 3.94. The lowest BCUT2D eigenvalue weighted by molar-refractivity contribution is 0.0942. The van der Waals surface area contributed by atoms with Crippen LogP contribution in [0.4, 0.5) is 4.39 Å². The Kier molecular flexibility index (Phi) is 9.52. The fourth-order valence-corrected chi connectivity index (χ4v) is 2.52. The van der Waals surface area contributed by atoms with Crippen LogP contribution < -0.4 is 4.74 Å². The number of rotatable bonds is 12. The van der Waals surface area contributed by atoms with Crippen LogP contribution in [0.5, 0.6) is 5.75 Å². The van der Waals surface area contributed by atoms with Gasteiger partial charge in [-0.2, -0.15) is 0 Å². The van der Waals surface area contributed by atoms with Crippen molar-refractivity contribution >= 4 is 5.78 Å². The number of hydrogen-bond donors (Lipinski definition) is 0. The van der Waals surface area contributed by atoms with Crippen LogP contribution in [0.1, 0.15) is 75.1 Å². The molecule has 0 aliphatic heterocycles. The van der Waals surface area contributed by atoms with E-state index in [1.807, 2.05) is 0 Å². The highest BCUT2D eigenvalue weighted by Crippen LogP contribution is 2.17. The molecule has 0 aliphatic carbocycles. The van der Waals surface area contributed by atoms with Crippen LogP contribution in [0.2, 0.25) is 0 Å². The van der Waals surface area contributed by atoms with E-state index in [1.165, 1.54) is 32.1 Å². The zero-order valence-electron chi connectivity index (χ0n) is 13.9. The first-order valence-electron chi connectivity index (χ1n) is 8.48. The zero-order chi connectivity index (χ0) is 16.2. The summed E-state index contributed by atoms with van der Waals surface area (Å²) in [6, 6.07) is 6.86. The highest BCUT2D eigenvalue weighted by atomic mass is 19.1. The first-order valence-corrected chi connectivity index (χ1v) is 8.48. The lowest BCUT2D eigenvalue weighted by atomic mass is 10.0. The lowest BCUT2D eigenvalue weighted by Gasteiger charge is -2.08. The number of carbonyl (C=O) groups excluding carboxylic acids is 1. The monoisotopic (exact) mass is 308 g/mol. The van der Waals surface area contributed by atoms with Crippen LogP contribution in [0.25, 0.3) is 0 Å². The molecule has 2 nitrogen and oxygen atoms in total. The number of benzene rings is 1. The summed E-state index contributed by atoms with van der Waals surface area (Å²) in [6.45, 7) is 2.20. The molecule has 0 aromatic heterocycles. The van der Waals surface area contributed by atoms with Crippen molar-refractivity contribution in [3.8, 4) is 5.75 Å². The average Bonchev–Trinajstić information content (AvgIpc) is 2.54. The predicted octanol–water partition coefficient (Wildman–Crippen LogP) is 5.75. The summed E-state index contributed by atoms with van der Waals surface area (Å²) >= 11 is 0. The largest absolute Gasteiger partial charge is 0.497 e. The minimum absolute atomic E-state index is 0.0117. The Hall–Kier alpha value is -1.38. The molecule has 0 fully saturated rings. The number of hydrogen-bond acceptors (Lipinski definition) is 2. The highest BCUT2D eigenvalue weighted by molar-refractivity contribution is 5.96. The second kappa shape index (κ2) is 11.2. The van der Waals surface area contributed by atoms with E-state index >= 15 is 0 Å². The topological polar surface area (TPSA) is 26.3 Å². The van der Waals surface area contributed by atoms with Crippen LogP contribution in [-0.4, -0.2) is 19.1 Å². The van der Waals surface area contributed by atoms with E-state index in [0.717, 1.165) is 12.8 Å². The molecular formula is C19H29FO2. The van der Waals surface area contributed by atoms with Gasteiger partial charge in [-0.25, -0.2) is 4.39 Å². The SMILES string of the molecule is CCCCCCCCCC(F)CC(=O)c1ccc(OC)cc1. The van der Waals surface area contributed by atoms with Gasteiger partial charge in [-0.3, -0.25) is 4.79 Å². The number of alkyl halides is 1. The molecule has 0 spiro atoms. The molecule has 0 aliphatic rings. The fourth-order valence-electron chi connectivity index (χ4n) is 2.52. The van der Waals surface area contributed by atoms with Gasteiger partial charge in [-0.15, -0.1) is 0 Å². The van der Waals surface area contributed by atoms with Gasteiger partial charge in [-0.05, 0) is 30.7 Å². The molecule has 0 heterocycles. The van der Waals surface area contributed by atoms with E-state index in [4.69, 9.17) is 4.74 Å². The molecule has 0 amide bonds. The normalized spacial score (nSPS) is 12.1. The summed E-state index contributed by atoms with van der Waals surface area (Å²) in [5.74, 6) is 0.578. The van der Waals surface area contributed by atoms with Gasteiger partial charge in [-0.1, -0.05) is 51.9 Å². The van der Waals surface area contributed by atoms with E-state index < -0.39 is 6.17 Å². The van der Waals surface area contributed by atoms with E-state index in [-0.39, 0.29) is 12.2 Å². The van der Waals surface area contributed by atoms with Crippen LogP contribution in [0.3, 0.4) is 0 Å². The molecule has 1 aromatic carbocycles. The Morgan fingerprint density at radius 1 is 1.05 bits per heavy atom.